The second-order valence-electron chi connectivity index (χ2n) is 3.21. The molecule has 0 amide bonds. The summed E-state index contributed by atoms with van der Waals surface area (Å²) in [6.07, 6.45) is 4.85. The molecule has 0 saturated carbocycles. The molecule has 0 spiro atoms. The van der Waals surface area contributed by atoms with Crippen LogP contribution >= 0.6 is 11.6 Å². The highest BCUT2D eigenvalue weighted by Gasteiger charge is 1.99. The van der Waals surface area contributed by atoms with Gasteiger partial charge in [0, 0.05) is 23.1 Å². The van der Waals surface area contributed by atoms with Crippen molar-refractivity contribution in [2.75, 3.05) is 5.32 Å². The van der Waals surface area contributed by atoms with Gasteiger partial charge in [-0.3, -0.25) is 9.97 Å². The monoisotopic (exact) mass is 237 g/mol. The van der Waals surface area contributed by atoms with Gasteiger partial charge in [-0.15, -0.1) is 0 Å². The lowest BCUT2D eigenvalue weighted by Gasteiger charge is -2.06. The van der Waals surface area contributed by atoms with Crippen molar-refractivity contribution in [3.05, 3.63) is 53.3 Å². The number of nitrogens with zero attached hydrogens (tertiary/aromatic N) is 2. The van der Waals surface area contributed by atoms with Crippen LogP contribution < -0.4 is 5.32 Å². The van der Waals surface area contributed by atoms with E-state index >= 15 is 0 Å². The quantitative estimate of drug-likeness (QED) is 0.892. The SMILES string of the molecule is Fc1cc(Cl)cc(NCc2cnccn2)c1. The minimum absolute atomic E-state index is 0.363. The van der Waals surface area contributed by atoms with Crippen molar-refractivity contribution < 1.29 is 4.39 Å². The third kappa shape index (κ3) is 2.90. The molecule has 5 heteroatoms. The first-order chi connectivity index (χ1) is 7.74. The van der Waals surface area contributed by atoms with E-state index in [2.05, 4.69) is 15.3 Å². The summed E-state index contributed by atoms with van der Waals surface area (Å²) in [5, 5.41) is 3.38. The van der Waals surface area contributed by atoms with Gasteiger partial charge in [0.15, 0.2) is 0 Å². The summed E-state index contributed by atoms with van der Waals surface area (Å²) in [6, 6.07) is 4.29. The van der Waals surface area contributed by atoms with Crippen molar-refractivity contribution in [2.24, 2.45) is 0 Å². The Labute approximate surface area is 97.3 Å². The normalized spacial score (nSPS) is 10.1. The average molecular weight is 238 g/mol. The Balaban J connectivity index is 2.05. The molecule has 0 radical (unpaired) electrons. The van der Waals surface area contributed by atoms with Crippen LogP contribution in [-0.4, -0.2) is 9.97 Å². The van der Waals surface area contributed by atoms with Gasteiger partial charge in [-0.2, -0.15) is 0 Å². The van der Waals surface area contributed by atoms with Gasteiger partial charge in [-0.25, -0.2) is 4.39 Å². The number of benzene rings is 1. The van der Waals surface area contributed by atoms with Crippen molar-refractivity contribution in [3.63, 3.8) is 0 Å². The molecule has 0 aliphatic rings. The van der Waals surface area contributed by atoms with Crippen LogP contribution in [0.1, 0.15) is 5.69 Å². The second-order valence-corrected chi connectivity index (χ2v) is 3.64. The van der Waals surface area contributed by atoms with Crippen LogP contribution in [0, 0.1) is 5.82 Å². The van der Waals surface area contributed by atoms with Crippen LogP contribution in [0.3, 0.4) is 0 Å². The summed E-state index contributed by atoms with van der Waals surface area (Å²) in [5.74, 6) is -0.367. The summed E-state index contributed by atoms with van der Waals surface area (Å²) < 4.78 is 13.0. The van der Waals surface area contributed by atoms with Crippen molar-refractivity contribution in [3.8, 4) is 0 Å². The number of anilines is 1. The first-order valence-electron chi connectivity index (χ1n) is 4.69. The van der Waals surface area contributed by atoms with Gasteiger partial charge in [-0.05, 0) is 18.2 Å². The number of aromatic nitrogens is 2. The number of rotatable bonds is 3. The number of halogens is 2. The van der Waals surface area contributed by atoms with Gasteiger partial charge >= 0.3 is 0 Å². The molecule has 1 heterocycles. The number of hydrogen-bond donors (Lipinski definition) is 1. The summed E-state index contributed by atoms with van der Waals surface area (Å²) in [5.41, 5.74) is 1.40. The fraction of sp³-hybridized carbons (Fsp3) is 0.0909. The van der Waals surface area contributed by atoms with E-state index in [0.717, 1.165) is 5.69 Å². The fourth-order valence-electron chi connectivity index (χ4n) is 1.27. The molecule has 0 atom stereocenters. The van der Waals surface area contributed by atoms with Crippen molar-refractivity contribution >= 4 is 17.3 Å². The molecule has 0 aliphatic carbocycles. The Morgan fingerprint density at radius 1 is 1.25 bits per heavy atom. The summed E-state index contributed by atoms with van der Waals surface area (Å²) in [6.45, 7) is 0.480. The van der Waals surface area contributed by atoms with Gasteiger partial charge in [-0.1, -0.05) is 11.6 Å². The first-order valence-corrected chi connectivity index (χ1v) is 5.07. The minimum atomic E-state index is -0.367. The zero-order valence-electron chi connectivity index (χ0n) is 8.32. The zero-order valence-corrected chi connectivity index (χ0v) is 9.08. The van der Waals surface area contributed by atoms with E-state index in [1.54, 1.807) is 24.7 Å². The molecule has 0 saturated heterocycles. The van der Waals surface area contributed by atoms with Crippen LogP contribution in [0.2, 0.25) is 5.02 Å². The van der Waals surface area contributed by atoms with Crippen molar-refractivity contribution in [1.82, 2.24) is 9.97 Å². The van der Waals surface area contributed by atoms with Crippen molar-refractivity contribution in [1.29, 1.82) is 0 Å². The molecule has 82 valence electrons. The predicted octanol–water partition coefficient (Wildman–Crippen LogP) is 2.88. The molecule has 1 aromatic heterocycles. The van der Waals surface area contributed by atoms with E-state index in [9.17, 15) is 4.39 Å². The average Bonchev–Trinajstić information content (AvgIpc) is 2.27. The largest absolute Gasteiger partial charge is 0.379 e. The number of nitrogens with one attached hydrogen (secondary N) is 1. The molecule has 0 aliphatic heterocycles. The van der Waals surface area contributed by atoms with Crippen LogP contribution in [0.5, 0.6) is 0 Å². The van der Waals surface area contributed by atoms with Gasteiger partial charge < -0.3 is 5.32 Å². The summed E-state index contributed by atoms with van der Waals surface area (Å²) in [4.78, 5) is 8.02. The minimum Gasteiger partial charge on any atom is -0.379 e. The van der Waals surface area contributed by atoms with E-state index in [0.29, 0.717) is 17.3 Å². The van der Waals surface area contributed by atoms with Crippen LogP contribution in [-0.2, 0) is 6.54 Å². The Hall–Kier alpha value is -1.68. The van der Waals surface area contributed by atoms with Gasteiger partial charge in [0.25, 0.3) is 0 Å². The molecule has 0 bridgehead atoms. The Kier molecular flexibility index (Phi) is 3.31. The Morgan fingerprint density at radius 2 is 2.12 bits per heavy atom. The lowest BCUT2D eigenvalue weighted by atomic mass is 10.3. The van der Waals surface area contributed by atoms with E-state index in [1.807, 2.05) is 0 Å². The standard InChI is InChI=1S/C11H9ClFN3/c12-8-3-9(13)5-10(4-8)16-7-11-6-14-1-2-15-11/h1-6,16H,7H2. The summed E-state index contributed by atoms with van der Waals surface area (Å²) in [7, 11) is 0. The smallest absolute Gasteiger partial charge is 0.126 e. The van der Waals surface area contributed by atoms with E-state index in [1.165, 1.54) is 12.1 Å². The molecule has 0 unspecified atom stereocenters. The van der Waals surface area contributed by atoms with Gasteiger partial charge in [0.2, 0.25) is 0 Å². The second kappa shape index (κ2) is 4.90. The fourth-order valence-corrected chi connectivity index (χ4v) is 1.49. The lowest BCUT2D eigenvalue weighted by Crippen LogP contribution is -2.02. The maximum atomic E-state index is 13.0. The lowest BCUT2D eigenvalue weighted by molar-refractivity contribution is 0.628. The van der Waals surface area contributed by atoms with Crippen LogP contribution in [0.15, 0.2) is 36.8 Å². The van der Waals surface area contributed by atoms with Crippen LogP contribution in [0.4, 0.5) is 10.1 Å². The maximum absolute atomic E-state index is 13.0. The zero-order chi connectivity index (χ0) is 11.4. The maximum Gasteiger partial charge on any atom is 0.126 e. The van der Waals surface area contributed by atoms with Gasteiger partial charge in [0.05, 0.1) is 18.4 Å². The van der Waals surface area contributed by atoms with E-state index in [4.69, 9.17) is 11.6 Å². The topological polar surface area (TPSA) is 37.8 Å². The Bertz CT molecular complexity index is 456. The highest BCUT2D eigenvalue weighted by atomic mass is 35.5. The molecule has 1 aromatic carbocycles. The molecule has 2 aromatic rings. The Morgan fingerprint density at radius 3 is 2.81 bits per heavy atom. The number of hydrogen-bond acceptors (Lipinski definition) is 3. The van der Waals surface area contributed by atoms with Crippen molar-refractivity contribution in [2.45, 2.75) is 6.54 Å². The molecular formula is C11H9ClFN3. The third-order valence-corrected chi connectivity index (χ3v) is 2.17. The molecule has 2 rings (SSSR count). The molecule has 0 fully saturated rings. The van der Waals surface area contributed by atoms with E-state index < -0.39 is 0 Å². The molecule has 3 nitrogen and oxygen atoms in total. The molecule has 1 N–H and O–H groups in total. The van der Waals surface area contributed by atoms with E-state index in [-0.39, 0.29) is 5.82 Å². The molecule has 16 heavy (non-hydrogen) atoms. The van der Waals surface area contributed by atoms with Gasteiger partial charge in [0.1, 0.15) is 5.82 Å². The predicted molar refractivity (Wildman–Crippen MR) is 60.8 cm³/mol. The highest BCUT2D eigenvalue weighted by molar-refractivity contribution is 6.30. The van der Waals surface area contributed by atoms with Crippen LogP contribution in [0.25, 0.3) is 0 Å². The first kappa shape index (κ1) is 10.8. The highest BCUT2D eigenvalue weighted by Crippen LogP contribution is 2.18. The molecular weight excluding hydrogens is 229 g/mol. The summed E-state index contributed by atoms with van der Waals surface area (Å²) >= 11 is 5.72. The third-order valence-electron chi connectivity index (χ3n) is 1.95.